The van der Waals surface area contributed by atoms with Crippen molar-refractivity contribution in [3.63, 3.8) is 0 Å². The minimum Gasteiger partial charge on any atom is -0.380 e. The molecule has 2 aliphatic rings. The van der Waals surface area contributed by atoms with Crippen molar-refractivity contribution in [1.82, 2.24) is 4.72 Å². The van der Waals surface area contributed by atoms with Crippen molar-refractivity contribution in [1.29, 1.82) is 0 Å². The second kappa shape index (κ2) is 5.38. The molecule has 2 aliphatic heterocycles. The Hall–Kier alpha value is -2.34. The molecule has 0 radical (unpaired) electrons. The zero-order chi connectivity index (χ0) is 15.9. The summed E-state index contributed by atoms with van der Waals surface area (Å²) in [4.78, 5) is 4.83. The summed E-state index contributed by atoms with van der Waals surface area (Å²) in [6, 6.07) is 15.4. The first-order chi connectivity index (χ1) is 11.1. The number of benzene rings is 2. The molecule has 0 spiro atoms. The van der Waals surface area contributed by atoms with Crippen molar-refractivity contribution >= 4 is 21.5 Å². The van der Waals surface area contributed by atoms with E-state index in [1.54, 1.807) is 18.2 Å². The Kier molecular flexibility index (Phi) is 3.34. The molecule has 0 unspecified atom stereocenters. The molecule has 1 atom stereocenters. The van der Waals surface area contributed by atoms with Crippen molar-refractivity contribution < 1.29 is 8.42 Å². The standard InChI is InChI=1S/C17H17N3O2S/c21-23(22)16-8-4-2-6-14(16)17(20-23)18-11-13-10-9-12-5-1-3-7-15(12)19-13/h1-8,13,19H,9-11H2,(H,18,20)/t13-/m0/s1. The lowest BCUT2D eigenvalue weighted by molar-refractivity contribution is 0.595. The Morgan fingerprint density at radius 3 is 2.78 bits per heavy atom. The molecule has 5 nitrogen and oxygen atoms in total. The molecular weight excluding hydrogens is 310 g/mol. The first-order valence-electron chi connectivity index (χ1n) is 7.64. The summed E-state index contributed by atoms with van der Waals surface area (Å²) in [6.07, 6.45) is 2.00. The number of hydrogen-bond donors (Lipinski definition) is 2. The summed E-state index contributed by atoms with van der Waals surface area (Å²) in [6.45, 7) is 0.542. The monoisotopic (exact) mass is 327 g/mol. The normalized spacial score (nSPS) is 22.8. The van der Waals surface area contributed by atoms with Gasteiger partial charge in [-0.1, -0.05) is 30.3 Å². The van der Waals surface area contributed by atoms with Gasteiger partial charge in [0.2, 0.25) is 0 Å². The summed E-state index contributed by atoms with van der Waals surface area (Å²) in [5, 5.41) is 3.48. The number of sulfonamides is 1. The SMILES string of the molecule is O=S1(=O)NC(=NC[C@@H]2CCc3ccccc3N2)c2ccccc21. The minimum atomic E-state index is -3.46. The molecule has 2 heterocycles. The van der Waals surface area contributed by atoms with E-state index in [0.29, 0.717) is 22.8 Å². The fraction of sp³-hybridized carbons (Fsp3) is 0.235. The van der Waals surface area contributed by atoms with Crippen LogP contribution in [0.3, 0.4) is 0 Å². The number of amidine groups is 1. The lowest BCUT2D eigenvalue weighted by Gasteiger charge is -2.25. The van der Waals surface area contributed by atoms with Crippen LogP contribution in [0.2, 0.25) is 0 Å². The Bertz CT molecular complexity index is 890. The molecule has 4 rings (SSSR count). The van der Waals surface area contributed by atoms with Crippen LogP contribution >= 0.6 is 0 Å². The van der Waals surface area contributed by atoms with Gasteiger partial charge >= 0.3 is 0 Å². The molecule has 0 aliphatic carbocycles. The first kappa shape index (κ1) is 14.3. The van der Waals surface area contributed by atoms with E-state index in [9.17, 15) is 8.42 Å². The molecule has 0 aromatic heterocycles. The van der Waals surface area contributed by atoms with E-state index >= 15 is 0 Å². The van der Waals surface area contributed by atoms with E-state index in [-0.39, 0.29) is 6.04 Å². The van der Waals surface area contributed by atoms with Gasteiger partial charge in [0, 0.05) is 17.3 Å². The average Bonchev–Trinajstić information content (AvgIpc) is 2.84. The van der Waals surface area contributed by atoms with Gasteiger partial charge in [-0.15, -0.1) is 0 Å². The molecule has 2 N–H and O–H groups in total. The van der Waals surface area contributed by atoms with Gasteiger partial charge in [-0.05, 0) is 36.6 Å². The summed E-state index contributed by atoms with van der Waals surface area (Å²) in [5.41, 5.74) is 3.13. The number of hydrogen-bond acceptors (Lipinski definition) is 4. The second-order valence-electron chi connectivity index (χ2n) is 5.83. The third kappa shape index (κ3) is 2.59. The van der Waals surface area contributed by atoms with Crippen molar-refractivity contribution in [3.05, 3.63) is 59.7 Å². The highest BCUT2D eigenvalue weighted by Gasteiger charge is 2.30. The molecule has 6 heteroatoms. The van der Waals surface area contributed by atoms with Crippen LogP contribution in [0.5, 0.6) is 0 Å². The number of nitrogens with zero attached hydrogens (tertiary/aromatic N) is 1. The van der Waals surface area contributed by atoms with Crippen LogP contribution in [-0.4, -0.2) is 26.8 Å². The minimum absolute atomic E-state index is 0.217. The van der Waals surface area contributed by atoms with Crippen molar-refractivity contribution in [2.24, 2.45) is 4.99 Å². The average molecular weight is 327 g/mol. The maximum absolute atomic E-state index is 12.1. The topological polar surface area (TPSA) is 70.6 Å². The summed E-state index contributed by atoms with van der Waals surface area (Å²) in [7, 11) is -3.46. The lowest BCUT2D eigenvalue weighted by atomic mass is 9.98. The van der Waals surface area contributed by atoms with Crippen molar-refractivity contribution in [2.75, 3.05) is 11.9 Å². The van der Waals surface area contributed by atoms with Gasteiger partial charge < -0.3 is 5.32 Å². The first-order valence-corrected chi connectivity index (χ1v) is 9.13. The second-order valence-corrected chi connectivity index (χ2v) is 7.48. The number of anilines is 1. The zero-order valence-corrected chi connectivity index (χ0v) is 13.3. The van der Waals surface area contributed by atoms with E-state index in [0.717, 1.165) is 18.5 Å². The summed E-state index contributed by atoms with van der Waals surface area (Å²) < 4.78 is 26.7. The molecule has 0 amide bonds. The summed E-state index contributed by atoms with van der Waals surface area (Å²) >= 11 is 0. The number of aliphatic imine (C=N–C) groups is 1. The third-order valence-electron chi connectivity index (χ3n) is 4.27. The Labute approximate surface area is 135 Å². The van der Waals surface area contributed by atoms with Crippen LogP contribution in [0.4, 0.5) is 5.69 Å². The molecule has 0 saturated carbocycles. The molecule has 2 aromatic rings. The van der Waals surface area contributed by atoms with Crippen LogP contribution in [-0.2, 0) is 16.4 Å². The van der Waals surface area contributed by atoms with Gasteiger partial charge in [0.05, 0.1) is 11.4 Å². The van der Waals surface area contributed by atoms with E-state index in [1.807, 2.05) is 18.2 Å². The van der Waals surface area contributed by atoms with Crippen LogP contribution in [0.25, 0.3) is 0 Å². The van der Waals surface area contributed by atoms with Gasteiger partial charge in [-0.25, -0.2) is 8.42 Å². The number of nitrogens with one attached hydrogen (secondary N) is 2. The quantitative estimate of drug-likeness (QED) is 0.888. The lowest BCUT2D eigenvalue weighted by Crippen LogP contribution is -2.30. The molecule has 23 heavy (non-hydrogen) atoms. The van der Waals surface area contributed by atoms with Crippen LogP contribution in [0.15, 0.2) is 58.4 Å². The van der Waals surface area contributed by atoms with E-state index in [2.05, 4.69) is 27.2 Å². The van der Waals surface area contributed by atoms with Gasteiger partial charge in [-0.2, -0.15) is 0 Å². The fourth-order valence-electron chi connectivity index (χ4n) is 3.09. The highest BCUT2D eigenvalue weighted by Crippen LogP contribution is 2.25. The van der Waals surface area contributed by atoms with Crippen LogP contribution < -0.4 is 10.0 Å². The Morgan fingerprint density at radius 1 is 1.09 bits per heavy atom. The molecule has 0 fully saturated rings. The largest absolute Gasteiger partial charge is 0.380 e. The van der Waals surface area contributed by atoms with Crippen LogP contribution in [0, 0.1) is 0 Å². The molecule has 0 bridgehead atoms. The van der Waals surface area contributed by atoms with Crippen molar-refractivity contribution in [2.45, 2.75) is 23.8 Å². The smallest absolute Gasteiger partial charge is 0.263 e. The fourth-order valence-corrected chi connectivity index (χ4v) is 4.34. The maximum Gasteiger partial charge on any atom is 0.263 e. The summed E-state index contributed by atoms with van der Waals surface area (Å²) in [5.74, 6) is 0.446. The Morgan fingerprint density at radius 2 is 1.87 bits per heavy atom. The predicted octanol–water partition coefficient (Wildman–Crippen LogP) is 2.15. The Balaban J connectivity index is 1.55. The predicted molar refractivity (Wildman–Crippen MR) is 90.3 cm³/mol. The van der Waals surface area contributed by atoms with E-state index in [4.69, 9.17) is 0 Å². The van der Waals surface area contributed by atoms with Crippen molar-refractivity contribution in [3.8, 4) is 0 Å². The molecule has 0 saturated heterocycles. The highest BCUT2D eigenvalue weighted by molar-refractivity contribution is 7.90. The number of aryl methyl sites for hydroxylation is 1. The number of fused-ring (bicyclic) bond motifs is 2. The van der Waals surface area contributed by atoms with Gasteiger partial charge in [0.15, 0.2) is 0 Å². The molecule has 118 valence electrons. The molecular formula is C17H17N3O2S. The third-order valence-corrected chi connectivity index (χ3v) is 5.67. The highest BCUT2D eigenvalue weighted by atomic mass is 32.2. The number of para-hydroxylation sites is 1. The van der Waals surface area contributed by atoms with Gasteiger partial charge in [-0.3, -0.25) is 9.71 Å². The number of rotatable bonds is 2. The maximum atomic E-state index is 12.1. The van der Waals surface area contributed by atoms with E-state index in [1.165, 1.54) is 5.56 Å². The van der Waals surface area contributed by atoms with Crippen LogP contribution in [0.1, 0.15) is 17.5 Å². The zero-order valence-electron chi connectivity index (χ0n) is 12.5. The van der Waals surface area contributed by atoms with E-state index < -0.39 is 10.0 Å². The van der Waals surface area contributed by atoms with Gasteiger partial charge in [0.1, 0.15) is 5.84 Å². The molecule has 2 aromatic carbocycles. The van der Waals surface area contributed by atoms with Gasteiger partial charge in [0.25, 0.3) is 10.0 Å².